The maximum absolute atomic E-state index is 12.4. The van der Waals surface area contributed by atoms with Gasteiger partial charge in [0.05, 0.1) is 30.0 Å². The van der Waals surface area contributed by atoms with E-state index in [1.165, 1.54) is 12.0 Å². The first-order valence-electron chi connectivity index (χ1n) is 8.53. The van der Waals surface area contributed by atoms with Crippen LogP contribution < -0.4 is 10.1 Å². The zero-order valence-corrected chi connectivity index (χ0v) is 16.6. The lowest BCUT2D eigenvalue weighted by Gasteiger charge is -2.18. The Kier molecular flexibility index (Phi) is 4.58. The molecule has 0 radical (unpaired) electrons. The maximum Gasteiger partial charge on any atom is 0.341 e. The monoisotopic (exact) mass is 388 g/mol. The molecule has 0 spiro atoms. The Morgan fingerprint density at radius 2 is 2.15 bits per heavy atom. The van der Waals surface area contributed by atoms with Crippen LogP contribution in [0.4, 0.5) is 10.1 Å². The minimum Gasteiger partial charge on any atom is -0.497 e. The molecule has 1 atom stereocenters. The van der Waals surface area contributed by atoms with Gasteiger partial charge < -0.3 is 14.8 Å². The van der Waals surface area contributed by atoms with Crippen molar-refractivity contribution in [1.82, 2.24) is 4.98 Å². The van der Waals surface area contributed by atoms with Crippen LogP contribution in [0.5, 0.6) is 5.75 Å². The summed E-state index contributed by atoms with van der Waals surface area (Å²) in [5.41, 5.74) is 2.73. The molecule has 0 saturated heterocycles. The molecule has 3 aromatic rings. The molecule has 0 amide bonds. The molecule has 0 bridgehead atoms. The highest BCUT2D eigenvalue weighted by Gasteiger charge is 2.28. The van der Waals surface area contributed by atoms with Gasteiger partial charge in [0.1, 0.15) is 10.8 Å². The van der Waals surface area contributed by atoms with Crippen LogP contribution in [0.25, 0.3) is 10.2 Å². The summed E-state index contributed by atoms with van der Waals surface area (Å²) in [6, 6.07) is 5.82. The molecule has 7 heteroatoms. The first-order valence-corrected chi connectivity index (χ1v) is 10.2. The minimum atomic E-state index is -0.276. The van der Waals surface area contributed by atoms with E-state index in [0.717, 1.165) is 50.9 Å². The smallest absolute Gasteiger partial charge is 0.341 e. The van der Waals surface area contributed by atoms with Crippen LogP contribution in [0.3, 0.4) is 0 Å². The fourth-order valence-corrected chi connectivity index (χ4v) is 5.70. The molecule has 4 rings (SSSR count). The summed E-state index contributed by atoms with van der Waals surface area (Å²) in [6.45, 7) is 2.26. The van der Waals surface area contributed by atoms with Crippen molar-refractivity contribution < 1.29 is 14.3 Å². The second-order valence-electron chi connectivity index (χ2n) is 6.53. The van der Waals surface area contributed by atoms with Crippen molar-refractivity contribution in [3.8, 4) is 5.75 Å². The van der Waals surface area contributed by atoms with Crippen molar-refractivity contribution >= 4 is 49.0 Å². The number of carbonyl (C=O) groups is 1. The molecule has 1 N–H and O–H groups in total. The van der Waals surface area contributed by atoms with E-state index in [9.17, 15) is 4.79 Å². The number of hydrogen-bond acceptors (Lipinski definition) is 7. The van der Waals surface area contributed by atoms with Gasteiger partial charge in [0.15, 0.2) is 5.13 Å². The third-order valence-corrected chi connectivity index (χ3v) is 6.82. The van der Waals surface area contributed by atoms with Crippen molar-refractivity contribution in [2.24, 2.45) is 5.92 Å². The number of thiazole rings is 1. The Balaban J connectivity index is 1.72. The Labute approximate surface area is 160 Å². The molecule has 5 nitrogen and oxygen atoms in total. The Morgan fingerprint density at radius 1 is 1.31 bits per heavy atom. The number of nitrogens with zero attached hydrogens (tertiary/aromatic N) is 1. The average molecular weight is 389 g/mol. The van der Waals surface area contributed by atoms with Crippen molar-refractivity contribution in [3.63, 3.8) is 0 Å². The summed E-state index contributed by atoms with van der Waals surface area (Å²) in [5, 5.41) is 4.97. The highest BCUT2D eigenvalue weighted by molar-refractivity contribution is 7.23. The second-order valence-corrected chi connectivity index (χ2v) is 8.66. The molecule has 0 saturated carbocycles. The van der Waals surface area contributed by atoms with Gasteiger partial charge in [0.25, 0.3) is 0 Å². The van der Waals surface area contributed by atoms with Crippen LogP contribution >= 0.6 is 22.7 Å². The number of carbonyl (C=O) groups excluding carboxylic acids is 1. The van der Waals surface area contributed by atoms with Crippen LogP contribution in [-0.2, 0) is 17.6 Å². The van der Waals surface area contributed by atoms with E-state index in [-0.39, 0.29) is 5.97 Å². The van der Waals surface area contributed by atoms with Gasteiger partial charge in [-0.05, 0) is 48.9 Å². The third-order valence-electron chi connectivity index (χ3n) is 4.72. The quantitative estimate of drug-likeness (QED) is 0.636. The number of fused-ring (bicyclic) bond motifs is 2. The first kappa shape index (κ1) is 17.3. The summed E-state index contributed by atoms with van der Waals surface area (Å²) in [5.74, 6) is 1.18. The molecule has 2 heterocycles. The van der Waals surface area contributed by atoms with Crippen molar-refractivity contribution in [2.75, 3.05) is 19.5 Å². The number of ether oxygens (including phenoxy) is 2. The largest absolute Gasteiger partial charge is 0.497 e. The van der Waals surface area contributed by atoms with E-state index in [0.29, 0.717) is 11.5 Å². The van der Waals surface area contributed by atoms with Gasteiger partial charge in [-0.2, -0.15) is 0 Å². The number of rotatable bonds is 4. The van der Waals surface area contributed by atoms with Crippen molar-refractivity contribution in [1.29, 1.82) is 0 Å². The lowest BCUT2D eigenvalue weighted by atomic mass is 9.88. The normalized spacial score (nSPS) is 16.3. The number of thiophene rings is 1. The number of methoxy groups -OCH3 is 2. The Bertz CT molecular complexity index is 977. The average Bonchev–Trinajstić information content (AvgIpc) is 3.20. The van der Waals surface area contributed by atoms with E-state index < -0.39 is 0 Å². The lowest BCUT2D eigenvalue weighted by Crippen LogP contribution is -2.13. The van der Waals surface area contributed by atoms with Gasteiger partial charge in [0.2, 0.25) is 0 Å². The van der Waals surface area contributed by atoms with Crippen LogP contribution in [-0.4, -0.2) is 25.2 Å². The molecule has 2 aromatic heterocycles. The molecule has 1 unspecified atom stereocenters. The van der Waals surface area contributed by atoms with E-state index in [1.54, 1.807) is 29.8 Å². The summed E-state index contributed by atoms with van der Waals surface area (Å²) >= 11 is 3.20. The van der Waals surface area contributed by atoms with Crippen molar-refractivity contribution in [3.05, 3.63) is 34.2 Å². The molecular weight excluding hydrogens is 368 g/mol. The number of aromatic nitrogens is 1. The van der Waals surface area contributed by atoms with Gasteiger partial charge in [-0.3, -0.25) is 0 Å². The Morgan fingerprint density at radius 3 is 2.92 bits per heavy atom. The van der Waals surface area contributed by atoms with E-state index in [4.69, 9.17) is 9.47 Å². The molecule has 1 aromatic carbocycles. The van der Waals surface area contributed by atoms with E-state index in [2.05, 4.69) is 17.2 Å². The van der Waals surface area contributed by atoms with Gasteiger partial charge >= 0.3 is 5.97 Å². The molecule has 136 valence electrons. The second kappa shape index (κ2) is 6.89. The maximum atomic E-state index is 12.4. The fraction of sp³-hybridized carbons (Fsp3) is 0.368. The standard InChI is InChI=1S/C19H20N2O3S2/c1-10-4-6-12-14(8-10)25-17(16(12)18(22)24-3)21-19-20-13-7-5-11(23-2)9-15(13)26-19/h5,7,9-10H,4,6,8H2,1-3H3,(H,20,21). The van der Waals surface area contributed by atoms with Crippen LogP contribution in [0, 0.1) is 5.92 Å². The number of benzene rings is 1. The van der Waals surface area contributed by atoms with Gasteiger partial charge in [-0.15, -0.1) is 11.3 Å². The predicted molar refractivity (Wildman–Crippen MR) is 106 cm³/mol. The van der Waals surface area contributed by atoms with Crippen LogP contribution in [0.15, 0.2) is 18.2 Å². The van der Waals surface area contributed by atoms with Crippen LogP contribution in [0.1, 0.15) is 34.1 Å². The molecule has 1 aliphatic rings. The molecule has 0 fully saturated rings. The summed E-state index contributed by atoms with van der Waals surface area (Å²) in [4.78, 5) is 18.3. The van der Waals surface area contributed by atoms with Gasteiger partial charge in [0, 0.05) is 4.88 Å². The topological polar surface area (TPSA) is 60.5 Å². The number of esters is 1. The molecular formula is C19H20N2O3S2. The summed E-state index contributed by atoms with van der Waals surface area (Å²) < 4.78 is 11.4. The number of nitrogens with one attached hydrogen (secondary N) is 1. The molecule has 26 heavy (non-hydrogen) atoms. The molecule has 0 aliphatic heterocycles. The third kappa shape index (κ3) is 3.05. The van der Waals surface area contributed by atoms with Gasteiger partial charge in [-0.25, -0.2) is 9.78 Å². The lowest BCUT2D eigenvalue weighted by molar-refractivity contribution is 0.0601. The number of anilines is 2. The van der Waals surface area contributed by atoms with Crippen LogP contribution in [0.2, 0.25) is 0 Å². The van der Waals surface area contributed by atoms with Crippen molar-refractivity contribution in [2.45, 2.75) is 26.2 Å². The fourth-order valence-electron chi connectivity index (χ4n) is 3.34. The first-order chi connectivity index (χ1) is 12.6. The zero-order valence-electron chi connectivity index (χ0n) is 14.9. The van der Waals surface area contributed by atoms with Gasteiger partial charge in [-0.1, -0.05) is 18.3 Å². The summed E-state index contributed by atoms with van der Waals surface area (Å²) in [7, 11) is 3.09. The molecule has 1 aliphatic carbocycles. The Hall–Kier alpha value is -2.12. The SMILES string of the molecule is COC(=O)c1c(Nc2nc3ccc(OC)cc3s2)sc2c1CCC(C)C2. The highest BCUT2D eigenvalue weighted by atomic mass is 32.1. The van der Waals surface area contributed by atoms with E-state index in [1.807, 2.05) is 18.2 Å². The number of hydrogen-bond donors (Lipinski definition) is 1. The summed E-state index contributed by atoms with van der Waals surface area (Å²) in [6.07, 6.45) is 3.05. The van der Waals surface area contributed by atoms with E-state index >= 15 is 0 Å². The predicted octanol–water partition coefficient (Wildman–Crippen LogP) is 5.02. The highest BCUT2D eigenvalue weighted by Crippen LogP contribution is 2.42. The minimum absolute atomic E-state index is 0.276. The zero-order chi connectivity index (χ0) is 18.3.